The van der Waals surface area contributed by atoms with E-state index in [9.17, 15) is 22.7 Å². The van der Waals surface area contributed by atoms with Gasteiger partial charge in [0.05, 0.1) is 23.9 Å². The molecule has 1 saturated heterocycles. The number of rotatable bonds is 6. The number of fused-ring (bicyclic) bond motifs is 1. The lowest BCUT2D eigenvalue weighted by Crippen LogP contribution is -2.43. The number of aliphatic hydroxyl groups is 1. The summed E-state index contributed by atoms with van der Waals surface area (Å²) in [5, 5.41) is 40.7. The third kappa shape index (κ3) is 6.67. The first-order valence-corrected chi connectivity index (χ1v) is 11.8. The van der Waals surface area contributed by atoms with Crippen molar-refractivity contribution in [1.29, 1.82) is 5.26 Å². The molecule has 2 aliphatic rings. The lowest BCUT2D eigenvalue weighted by molar-refractivity contribution is -0.192. The van der Waals surface area contributed by atoms with Gasteiger partial charge in [0.15, 0.2) is 5.65 Å². The van der Waals surface area contributed by atoms with Crippen molar-refractivity contribution in [3.63, 3.8) is 0 Å². The fourth-order valence-electron chi connectivity index (χ4n) is 4.09. The van der Waals surface area contributed by atoms with Gasteiger partial charge in [-0.25, -0.2) is 14.2 Å². The predicted molar refractivity (Wildman–Crippen MR) is 129 cm³/mol. The molecule has 1 saturated carbocycles. The van der Waals surface area contributed by atoms with Crippen LogP contribution in [0.2, 0.25) is 0 Å². The standard InChI is InChI=1S/C22H24FN7O.C2HF3O2/c23-16-5-13(9-24)6-17(7-16)28-21-8-20(26-10-15-3-4-25-12-19(15)31)29-22-18(14-1-2-14)11-27-30(21)22;3-2(4,5)1(6)7/h5-8,11,14-15,19,25,28,31H,1-4,10,12H2,(H,26,29);(H,6,7)/t15-,19+;/m0./s1. The Bertz CT molecular complexity index is 1350. The van der Waals surface area contributed by atoms with E-state index in [0.717, 1.165) is 37.0 Å². The summed E-state index contributed by atoms with van der Waals surface area (Å²) < 4.78 is 47.4. The fourth-order valence-corrected chi connectivity index (χ4v) is 4.09. The number of benzene rings is 1. The molecule has 0 spiro atoms. The summed E-state index contributed by atoms with van der Waals surface area (Å²) in [5.74, 6) is -1.33. The quantitative estimate of drug-likeness (QED) is 0.300. The Morgan fingerprint density at radius 3 is 2.61 bits per heavy atom. The fraction of sp³-hybridized carbons (Fsp3) is 0.417. The van der Waals surface area contributed by atoms with E-state index >= 15 is 0 Å². The van der Waals surface area contributed by atoms with Gasteiger partial charge < -0.3 is 26.2 Å². The third-order valence-corrected chi connectivity index (χ3v) is 6.19. The highest BCUT2D eigenvalue weighted by atomic mass is 19.4. The number of halogens is 4. The van der Waals surface area contributed by atoms with Crippen LogP contribution in [-0.2, 0) is 4.79 Å². The monoisotopic (exact) mass is 535 g/mol. The molecule has 1 aliphatic heterocycles. The van der Waals surface area contributed by atoms with Gasteiger partial charge in [0.2, 0.25) is 0 Å². The zero-order valence-corrected chi connectivity index (χ0v) is 20.0. The molecule has 3 aromatic rings. The van der Waals surface area contributed by atoms with Crippen LogP contribution >= 0.6 is 0 Å². The van der Waals surface area contributed by atoms with Crippen molar-refractivity contribution < 1.29 is 32.6 Å². The number of nitrogens with one attached hydrogen (secondary N) is 3. The SMILES string of the molecule is N#Cc1cc(F)cc(Nc2cc(NC[C@@H]3CCNC[C@H]3O)nc3c(C4CC4)cnn23)c1.O=C(O)C(F)(F)F. The van der Waals surface area contributed by atoms with E-state index in [-0.39, 0.29) is 11.5 Å². The number of piperidine rings is 1. The number of carboxylic acids is 1. The molecule has 2 aromatic heterocycles. The van der Waals surface area contributed by atoms with E-state index in [1.54, 1.807) is 10.6 Å². The maximum atomic E-state index is 13.9. The van der Waals surface area contributed by atoms with E-state index < -0.39 is 24.1 Å². The van der Waals surface area contributed by atoms with Crippen molar-refractivity contribution in [2.45, 2.75) is 37.5 Å². The Morgan fingerprint density at radius 1 is 1.24 bits per heavy atom. The Balaban J connectivity index is 0.000000426. The summed E-state index contributed by atoms with van der Waals surface area (Å²) in [7, 11) is 0. The molecule has 38 heavy (non-hydrogen) atoms. The summed E-state index contributed by atoms with van der Waals surface area (Å²) in [6.07, 6.45) is -0.490. The zero-order chi connectivity index (χ0) is 27.4. The number of alkyl halides is 3. The topological polar surface area (TPSA) is 148 Å². The lowest BCUT2D eigenvalue weighted by atomic mass is 9.95. The molecule has 5 N–H and O–H groups in total. The number of β-amino-alcohol motifs (C(OH)–C–C–N with tert-alkyl or cyclic N) is 1. The Labute approximate surface area is 214 Å². The van der Waals surface area contributed by atoms with Crippen molar-refractivity contribution in [2.24, 2.45) is 5.92 Å². The number of anilines is 3. The largest absolute Gasteiger partial charge is 0.490 e. The first kappa shape index (κ1) is 27.1. The smallest absolute Gasteiger partial charge is 0.475 e. The van der Waals surface area contributed by atoms with Crippen LogP contribution in [0.15, 0.2) is 30.5 Å². The molecule has 2 atom stereocenters. The van der Waals surface area contributed by atoms with Gasteiger partial charge >= 0.3 is 12.1 Å². The predicted octanol–water partition coefficient (Wildman–Crippen LogP) is 3.38. The number of nitrogens with zero attached hydrogens (tertiary/aromatic N) is 4. The van der Waals surface area contributed by atoms with Gasteiger partial charge in [0, 0.05) is 36.3 Å². The van der Waals surface area contributed by atoms with E-state index in [4.69, 9.17) is 20.1 Å². The normalized spacial score (nSPS) is 19.3. The second kappa shape index (κ2) is 11.2. The summed E-state index contributed by atoms with van der Waals surface area (Å²) in [5.41, 5.74) is 2.57. The summed E-state index contributed by atoms with van der Waals surface area (Å²) in [6, 6.07) is 7.93. The molecule has 0 radical (unpaired) electrons. The number of carboxylic acid groups (broad SMARTS) is 1. The third-order valence-electron chi connectivity index (χ3n) is 6.19. The summed E-state index contributed by atoms with van der Waals surface area (Å²) >= 11 is 0. The summed E-state index contributed by atoms with van der Waals surface area (Å²) in [6.45, 7) is 2.09. The van der Waals surface area contributed by atoms with Crippen LogP contribution < -0.4 is 16.0 Å². The van der Waals surface area contributed by atoms with Crippen LogP contribution in [-0.4, -0.2) is 62.7 Å². The van der Waals surface area contributed by atoms with Gasteiger partial charge in [0.25, 0.3) is 0 Å². The van der Waals surface area contributed by atoms with Crippen molar-refractivity contribution in [1.82, 2.24) is 19.9 Å². The molecule has 1 aliphatic carbocycles. The lowest BCUT2D eigenvalue weighted by Gasteiger charge is -2.28. The molecule has 14 heteroatoms. The number of aliphatic hydroxyl groups excluding tert-OH is 1. The number of aliphatic carboxylic acids is 1. The molecule has 2 fully saturated rings. The minimum atomic E-state index is -5.08. The Kier molecular flexibility index (Phi) is 7.98. The molecular formula is C24H25F4N7O3. The van der Waals surface area contributed by atoms with E-state index in [2.05, 4.69) is 21.0 Å². The van der Waals surface area contributed by atoms with Crippen molar-refractivity contribution in [3.05, 3.63) is 47.4 Å². The second-order valence-corrected chi connectivity index (χ2v) is 9.11. The average Bonchev–Trinajstić information content (AvgIpc) is 3.61. The van der Waals surface area contributed by atoms with Gasteiger partial charge in [-0.3, -0.25) is 0 Å². The Hall–Kier alpha value is -3.96. The zero-order valence-electron chi connectivity index (χ0n) is 20.0. The number of aromatic nitrogens is 3. The number of carbonyl (C=O) groups is 1. The minimum absolute atomic E-state index is 0.143. The maximum absolute atomic E-state index is 13.9. The van der Waals surface area contributed by atoms with Gasteiger partial charge in [-0.2, -0.15) is 28.0 Å². The first-order valence-electron chi connectivity index (χ1n) is 11.8. The average molecular weight is 536 g/mol. The van der Waals surface area contributed by atoms with Gasteiger partial charge in [-0.1, -0.05) is 0 Å². The molecular weight excluding hydrogens is 510 g/mol. The number of hydrogen-bond acceptors (Lipinski definition) is 8. The molecule has 0 amide bonds. The molecule has 0 unspecified atom stereocenters. The van der Waals surface area contributed by atoms with Crippen LogP contribution in [0.3, 0.4) is 0 Å². The van der Waals surface area contributed by atoms with Crippen molar-refractivity contribution >= 4 is 28.9 Å². The summed E-state index contributed by atoms with van der Waals surface area (Å²) in [4.78, 5) is 13.7. The van der Waals surface area contributed by atoms with Crippen LogP contribution in [0.25, 0.3) is 5.65 Å². The van der Waals surface area contributed by atoms with Crippen LogP contribution in [0, 0.1) is 23.1 Å². The maximum Gasteiger partial charge on any atom is 0.490 e. The molecule has 1 aromatic carbocycles. The highest BCUT2D eigenvalue weighted by Crippen LogP contribution is 2.42. The molecule has 10 nitrogen and oxygen atoms in total. The number of nitriles is 1. The molecule has 0 bridgehead atoms. The van der Waals surface area contributed by atoms with Gasteiger partial charge in [0.1, 0.15) is 17.5 Å². The molecule has 3 heterocycles. The van der Waals surface area contributed by atoms with E-state index in [1.807, 2.05) is 18.3 Å². The van der Waals surface area contributed by atoms with Crippen molar-refractivity contribution in [3.8, 4) is 6.07 Å². The van der Waals surface area contributed by atoms with Crippen LogP contribution in [0.5, 0.6) is 0 Å². The van der Waals surface area contributed by atoms with E-state index in [1.165, 1.54) is 12.1 Å². The van der Waals surface area contributed by atoms with Crippen LogP contribution in [0.1, 0.15) is 36.3 Å². The first-order chi connectivity index (χ1) is 18.0. The molecule has 202 valence electrons. The Morgan fingerprint density at radius 2 is 1.97 bits per heavy atom. The van der Waals surface area contributed by atoms with Crippen LogP contribution in [0.4, 0.5) is 34.9 Å². The molecule has 5 rings (SSSR count). The highest BCUT2D eigenvalue weighted by molar-refractivity contribution is 5.73. The van der Waals surface area contributed by atoms with E-state index in [0.29, 0.717) is 36.3 Å². The van der Waals surface area contributed by atoms with Gasteiger partial charge in [-0.15, -0.1) is 0 Å². The minimum Gasteiger partial charge on any atom is -0.475 e. The number of hydrogen-bond donors (Lipinski definition) is 5. The van der Waals surface area contributed by atoms with Crippen molar-refractivity contribution in [2.75, 3.05) is 30.3 Å². The highest BCUT2D eigenvalue weighted by Gasteiger charge is 2.38. The second-order valence-electron chi connectivity index (χ2n) is 9.11. The van der Waals surface area contributed by atoms with Gasteiger partial charge in [-0.05, 0) is 49.9 Å².